The minimum atomic E-state index is -0.256. The van der Waals surface area contributed by atoms with Gasteiger partial charge in [-0.25, -0.2) is 0 Å². The summed E-state index contributed by atoms with van der Waals surface area (Å²) in [4.78, 5) is 31.1. The average Bonchev–Trinajstić information content (AvgIpc) is 2.88. The second kappa shape index (κ2) is 6.87. The smallest absolute Gasteiger partial charge is 0.249 e. The van der Waals surface area contributed by atoms with Gasteiger partial charge in [0.1, 0.15) is 6.04 Å². The van der Waals surface area contributed by atoms with E-state index in [1.54, 1.807) is 6.08 Å². The van der Waals surface area contributed by atoms with Gasteiger partial charge in [-0.1, -0.05) is 12.2 Å². The van der Waals surface area contributed by atoms with Crippen LogP contribution in [-0.2, 0) is 9.59 Å². The van der Waals surface area contributed by atoms with Gasteiger partial charge >= 0.3 is 0 Å². The lowest BCUT2D eigenvalue weighted by atomic mass is 10.0. The molecule has 3 rings (SSSR count). The molecule has 126 valence electrons. The molecule has 3 aliphatic rings. The summed E-state index contributed by atoms with van der Waals surface area (Å²) in [5.74, 6) is 0.117. The van der Waals surface area contributed by atoms with E-state index in [-0.39, 0.29) is 23.9 Å². The number of piperazine rings is 1. The molecule has 2 saturated heterocycles. The van der Waals surface area contributed by atoms with Gasteiger partial charge in [-0.15, -0.1) is 0 Å². The molecule has 2 atom stereocenters. The molecule has 0 aromatic rings. The molecule has 2 heterocycles. The minimum absolute atomic E-state index is 0.00928. The number of hydrogen-bond donors (Lipinski definition) is 0. The maximum atomic E-state index is 12.8. The fourth-order valence-corrected chi connectivity index (χ4v) is 3.89. The average molecular weight is 317 g/mol. The second-order valence-corrected chi connectivity index (χ2v) is 7.05. The van der Waals surface area contributed by atoms with Crippen molar-refractivity contribution in [3.8, 4) is 0 Å². The molecule has 1 aliphatic carbocycles. The maximum Gasteiger partial charge on any atom is 0.249 e. The highest BCUT2D eigenvalue weighted by Crippen LogP contribution is 2.34. The molecule has 2 fully saturated rings. The number of carbonyl (C=O) groups excluding carboxylic acids is 2. The highest BCUT2D eigenvalue weighted by atomic mass is 16.2. The van der Waals surface area contributed by atoms with E-state index in [1.807, 2.05) is 34.9 Å². The number of nitrogens with zero attached hydrogens (tertiary/aromatic N) is 3. The zero-order chi connectivity index (χ0) is 16.4. The van der Waals surface area contributed by atoms with Crippen LogP contribution in [0.3, 0.4) is 0 Å². The van der Waals surface area contributed by atoms with Crippen molar-refractivity contribution in [2.45, 2.75) is 50.6 Å². The third-order valence-electron chi connectivity index (χ3n) is 5.05. The Morgan fingerprint density at radius 1 is 1.35 bits per heavy atom. The number of fused-ring (bicyclic) bond motifs is 2. The Balaban J connectivity index is 1.70. The number of rotatable bonds is 4. The monoisotopic (exact) mass is 317 g/mol. The van der Waals surface area contributed by atoms with Crippen molar-refractivity contribution >= 4 is 11.8 Å². The summed E-state index contributed by atoms with van der Waals surface area (Å²) in [6, 6.07) is -0.0786. The lowest BCUT2D eigenvalue weighted by Crippen LogP contribution is -2.58. The van der Waals surface area contributed by atoms with Crippen LogP contribution in [0.5, 0.6) is 0 Å². The van der Waals surface area contributed by atoms with Crippen molar-refractivity contribution in [2.24, 2.45) is 0 Å². The van der Waals surface area contributed by atoms with Crippen LogP contribution in [0.2, 0.25) is 0 Å². The van der Waals surface area contributed by atoms with E-state index >= 15 is 0 Å². The van der Waals surface area contributed by atoms with E-state index in [0.29, 0.717) is 6.54 Å². The first-order chi connectivity index (χ1) is 11.1. The molecule has 2 amide bonds. The summed E-state index contributed by atoms with van der Waals surface area (Å²) in [7, 11) is 3.94. The van der Waals surface area contributed by atoms with Crippen LogP contribution in [0.25, 0.3) is 0 Å². The first kappa shape index (κ1) is 16.2. The number of likely N-dealkylation sites (N-methyl/N-ethyl adjacent to an activating group) is 1. The number of likely N-dealkylation sites (tertiary alicyclic amines) is 1. The number of amides is 2. The van der Waals surface area contributed by atoms with Crippen LogP contribution < -0.4 is 0 Å². The molecular weight excluding hydrogens is 290 g/mol. The lowest BCUT2D eigenvalue weighted by Gasteiger charge is -2.41. The fourth-order valence-electron chi connectivity index (χ4n) is 3.89. The van der Waals surface area contributed by atoms with Gasteiger partial charge in [-0.3, -0.25) is 9.59 Å². The normalized spacial score (nSPS) is 28.0. The third-order valence-corrected chi connectivity index (χ3v) is 5.05. The van der Waals surface area contributed by atoms with E-state index in [1.165, 1.54) is 18.5 Å². The van der Waals surface area contributed by atoms with Crippen LogP contribution in [0.1, 0.15) is 38.5 Å². The van der Waals surface area contributed by atoms with Crippen molar-refractivity contribution in [3.05, 3.63) is 23.9 Å². The van der Waals surface area contributed by atoms with Crippen molar-refractivity contribution in [1.29, 1.82) is 0 Å². The molecule has 2 unspecified atom stereocenters. The Labute approximate surface area is 138 Å². The molecule has 0 N–H and O–H groups in total. The summed E-state index contributed by atoms with van der Waals surface area (Å²) < 4.78 is 0. The van der Waals surface area contributed by atoms with Crippen molar-refractivity contribution in [3.63, 3.8) is 0 Å². The summed E-state index contributed by atoms with van der Waals surface area (Å²) in [5, 5.41) is 0. The first-order valence-electron chi connectivity index (χ1n) is 8.72. The summed E-state index contributed by atoms with van der Waals surface area (Å²) in [6.45, 7) is 1.41. The van der Waals surface area contributed by atoms with E-state index in [4.69, 9.17) is 0 Å². The maximum absolute atomic E-state index is 12.8. The second-order valence-electron chi connectivity index (χ2n) is 7.05. The van der Waals surface area contributed by atoms with Gasteiger partial charge < -0.3 is 14.7 Å². The van der Waals surface area contributed by atoms with E-state index in [9.17, 15) is 9.59 Å². The molecule has 0 aromatic carbocycles. The van der Waals surface area contributed by atoms with Crippen molar-refractivity contribution < 1.29 is 9.59 Å². The molecule has 0 saturated carbocycles. The number of allylic oxidation sites excluding steroid dienone is 2. The van der Waals surface area contributed by atoms with E-state index in [0.717, 1.165) is 32.2 Å². The van der Waals surface area contributed by atoms with Crippen LogP contribution in [0.15, 0.2) is 23.9 Å². The fraction of sp³-hybridized carbons (Fsp3) is 0.667. The van der Waals surface area contributed by atoms with Gasteiger partial charge in [0.05, 0.1) is 6.04 Å². The molecule has 23 heavy (non-hydrogen) atoms. The van der Waals surface area contributed by atoms with Crippen LogP contribution in [0.4, 0.5) is 0 Å². The number of hydrogen-bond acceptors (Lipinski definition) is 3. The molecule has 0 radical (unpaired) electrons. The SMILES string of the molecule is CN(C)C/C=C/C(=O)N1C2CCC1C(=O)N(C1=CCCCC1)C2. The molecule has 5 nitrogen and oxygen atoms in total. The van der Waals surface area contributed by atoms with Crippen molar-refractivity contribution in [2.75, 3.05) is 27.2 Å². The van der Waals surface area contributed by atoms with Crippen LogP contribution >= 0.6 is 0 Å². The van der Waals surface area contributed by atoms with Gasteiger partial charge in [0.2, 0.25) is 11.8 Å². The lowest BCUT2D eigenvalue weighted by molar-refractivity contribution is -0.147. The van der Waals surface area contributed by atoms with Gasteiger partial charge in [0, 0.05) is 24.9 Å². The van der Waals surface area contributed by atoms with Gasteiger partial charge in [0.25, 0.3) is 0 Å². The van der Waals surface area contributed by atoms with Crippen LogP contribution in [0, 0.1) is 0 Å². The van der Waals surface area contributed by atoms with E-state index in [2.05, 4.69) is 6.08 Å². The molecule has 0 spiro atoms. The Morgan fingerprint density at radius 2 is 2.17 bits per heavy atom. The first-order valence-corrected chi connectivity index (χ1v) is 8.72. The Kier molecular flexibility index (Phi) is 4.85. The molecule has 0 aromatic heterocycles. The molecular formula is C18H27N3O2. The predicted molar refractivity (Wildman–Crippen MR) is 89.6 cm³/mol. The molecule has 2 bridgehead atoms. The zero-order valence-electron chi connectivity index (χ0n) is 14.2. The van der Waals surface area contributed by atoms with E-state index < -0.39 is 0 Å². The van der Waals surface area contributed by atoms with Gasteiger partial charge in [-0.05, 0) is 52.6 Å². The van der Waals surface area contributed by atoms with Crippen molar-refractivity contribution in [1.82, 2.24) is 14.7 Å². The zero-order valence-corrected chi connectivity index (χ0v) is 14.2. The van der Waals surface area contributed by atoms with Crippen LogP contribution in [-0.4, -0.2) is 65.8 Å². The largest absolute Gasteiger partial charge is 0.322 e. The summed E-state index contributed by atoms with van der Waals surface area (Å²) in [6.07, 6.45) is 11.9. The topological polar surface area (TPSA) is 43.9 Å². The highest BCUT2D eigenvalue weighted by molar-refractivity contribution is 5.95. The Morgan fingerprint density at radius 3 is 2.87 bits per heavy atom. The van der Waals surface area contributed by atoms with Gasteiger partial charge in [-0.2, -0.15) is 0 Å². The number of carbonyl (C=O) groups is 2. The Hall–Kier alpha value is -1.62. The molecule has 5 heteroatoms. The predicted octanol–water partition coefficient (Wildman–Crippen LogP) is 1.76. The summed E-state index contributed by atoms with van der Waals surface area (Å²) in [5.41, 5.74) is 1.19. The Bertz CT molecular complexity index is 538. The summed E-state index contributed by atoms with van der Waals surface area (Å²) >= 11 is 0. The third kappa shape index (κ3) is 3.34. The minimum Gasteiger partial charge on any atom is -0.322 e. The van der Waals surface area contributed by atoms with Gasteiger partial charge in [0.15, 0.2) is 0 Å². The standard InChI is InChI=1S/C18H27N3O2/c1-19(2)12-6-9-17(22)21-15-10-11-16(21)18(23)20(13-15)14-7-4-3-5-8-14/h6-7,9,15-16H,3-5,8,10-13H2,1-2H3/b9-6+. The highest BCUT2D eigenvalue weighted by Gasteiger charge is 2.47. The molecule has 2 aliphatic heterocycles. The quantitative estimate of drug-likeness (QED) is 0.742.